The molecule has 136 valence electrons. The molecule has 3 unspecified atom stereocenters. The molecule has 0 radical (unpaired) electrons. The lowest BCUT2D eigenvalue weighted by atomic mass is 9.85. The molecule has 0 aliphatic carbocycles. The highest BCUT2D eigenvalue weighted by atomic mass is 35.5. The van der Waals surface area contributed by atoms with Crippen LogP contribution in [0.25, 0.3) is 0 Å². The predicted octanol–water partition coefficient (Wildman–Crippen LogP) is 3.47. The zero-order valence-corrected chi connectivity index (χ0v) is 15.3. The summed E-state index contributed by atoms with van der Waals surface area (Å²) in [6, 6.07) is 16.1. The molecule has 2 N–H and O–H groups in total. The number of benzene rings is 2. The van der Waals surface area contributed by atoms with Gasteiger partial charge in [0.15, 0.2) is 0 Å². The zero-order valence-electron chi connectivity index (χ0n) is 14.6. The van der Waals surface area contributed by atoms with Crippen molar-refractivity contribution < 1.29 is 9.53 Å². The van der Waals surface area contributed by atoms with Gasteiger partial charge in [-0.3, -0.25) is 4.79 Å². The maximum absolute atomic E-state index is 13.1. The summed E-state index contributed by atoms with van der Waals surface area (Å²) in [5, 5.41) is 7.41. The van der Waals surface area contributed by atoms with E-state index in [1.165, 1.54) is 5.56 Å². The van der Waals surface area contributed by atoms with Crippen molar-refractivity contribution in [2.75, 3.05) is 19.7 Å². The van der Waals surface area contributed by atoms with Gasteiger partial charge >= 0.3 is 0 Å². The summed E-state index contributed by atoms with van der Waals surface area (Å²) in [6.45, 7) is 2.36. The molecule has 2 aromatic carbocycles. The van der Waals surface area contributed by atoms with Crippen LogP contribution in [0.15, 0.2) is 48.5 Å². The van der Waals surface area contributed by atoms with E-state index in [0.29, 0.717) is 18.1 Å². The van der Waals surface area contributed by atoms with Gasteiger partial charge in [0, 0.05) is 29.1 Å². The van der Waals surface area contributed by atoms with Crippen molar-refractivity contribution >= 4 is 17.5 Å². The van der Waals surface area contributed by atoms with Gasteiger partial charge in [-0.05, 0) is 43.1 Å². The maximum Gasteiger partial charge on any atom is 0.228 e. The Labute approximate surface area is 158 Å². The van der Waals surface area contributed by atoms with E-state index in [4.69, 9.17) is 16.3 Å². The molecule has 0 saturated carbocycles. The van der Waals surface area contributed by atoms with Crippen molar-refractivity contribution in [2.45, 2.75) is 30.7 Å². The molecule has 0 spiro atoms. The predicted molar refractivity (Wildman–Crippen MR) is 103 cm³/mol. The Morgan fingerprint density at radius 1 is 1.15 bits per heavy atom. The Hall–Kier alpha value is -2.04. The molecule has 2 aliphatic rings. The minimum Gasteiger partial charge on any atom is -0.493 e. The van der Waals surface area contributed by atoms with Crippen LogP contribution in [0.1, 0.15) is 35.8 Å². The lowest BCUT2D eigenvalue weighted by molar-refractivity contribution is -0.124. The third kappa shape index (κ3) is 3.57. The number of amides is 1. The summed E-state index contributed by atoms with van der Waals surface area (Å²) in [7, 11) is 0. The molecule has 3 atom stereocenters. The highest BCUT2D eigenvalue weighted by molar-refractivity contribution is 6.30. The van der Waals surface area contributed by atoms with Crippen LogP contribution in [0.3, 0.4) is 0 Å². The summed E-state index contributed by atoms with van der Waals surface area (Å²) < 4.78 is 5.69. The van der Waals surface area contributed by atoms with Crippen LogP contribution in [0.5, 0.6) is 5.75 Å². The number of carbonyl (C=O) groups is 1. The Morgan fingerprint density at radius 3 is 2.85 bits per heavy atom. The van der Waals surface area contributed by atoms with Crippen molar-refractivity contribution in [3.63, 3.8) is 0 Å². The number of nitrogens with one attached hydrogen (secondary N) is 2. The molecule has 1 fully saturated rings. The van der Waals surface area contributed by atoms with Gasteiger partial charge in [-0.25, -0.2) is 0 Å². The van der Waals surface area contributed by atoms with Crippen molar-refractivity contribution in [2.24, 2.45) is 0 Å². The lowest BCUT2D eigenvalue weighted by Gasteiger charge is -2.35. The first-order chi connectivity index (χ1) is 12.7. The third-order valence-corrected chi connectivity index (χ3v) is 5.60. The molecular formula is C21H23ClN2O2. The molecular weight excluding hydrogens is 348 g/mol. The van der Waals surface area contributed by atoms with Gasteiger partial charge < -0.3 is 15.4 Å². The van der Waals surface area contributed by atoms with Gasteiger partial charge in [-0.2, -0.15) is 0 Å². The number of fused-ring (bicyclic) bond motifs is 1. The molecule has 4 rings (SSSR count). The van der Waals surface area contributed by atoms with Crippen LogP contribution in [0.2, 0.25) is 5.02 Å². The average molecular weight is 371 g/mol. The minimum atomic E-state index is -0.205. The van der Waals surface area contributed by atoms with Crippen LogP contribution in [0, 0.1) is 0 Å². The van der Waals surface area contributed by atoms with Crippen LogP contribution >= 0.6 is 11.6 Å². The number of carbonyl (C=O) groups excluding carboxylic acids is 1. The van der Waals surface area contributed by atoms with Crippen LogP contribution in [-0.2, 0) is 4.79 Å². The molecule has 0 bridgehead atoms. The number of rotatable bonds is 3. The monoisotopic (exact) mass is 370 g/mol. The average Bonchev–Trinajstić information content (AvgIpc) is 2.68. The molecule has 2 aliphatic heterocycles. The molecule has 26 heavy (non-hydrogen) atoms. The number of halogens is 1. The van der Waals surface area contributed by atoms with Gasteiger partial charge in [0.25, 0.3) is 0 Å². The van der Waals surface area contributed by atoms with E-state index in [2.05, 4.69) is 34.9 Å². The summed E-state index contributed by atoms with van der Waals surface area (Å²) in [5.41, 5.74) is 2.16. The Bertz CT molecular complexity index is 781. The topological polar surface area (TPSA) is 50.4 Å². The Morgan fingerprint density at radius 2 is 2.00 bits per heavy atom. The second-order valence-electron chi connectivity index (χ2n) is 7.00. The highest BCUT2D eigenvalue weighted by Crippen LogP contribution is 2.36. The van der Waals surface area contributed by atoms with Crippen molar-refractivity contribution in [3.05, 3.63) is 64.7 Å². The largest absolute Gasteiger partial charge is 0.493 e. The van der Waals surface area contributed by atoms with Crippen LogP contribution in [-0.4, -0.2) is 31.6 Å². The Balaban J connectivity index is 1.53. The van der Waals surface area contributed by atoms with Gasteiger partial charge in [0.2, 0.25) is 5.91 Å². The summed E-state index contributed by atoms with van der Waals surface area (Å²) >= 11 is 6.15. The van der Waals surface area contributed by atoms with Gasteiger partial charge in [0.1, 0.15) is 5.75 Å². The lowest BCUT2D eigenvalue weighted by Crippen LogP contribution is -2.49. The second-order valence-corrected chi connectivity index (χ2v) is 7.43. The van der Waals surface area contributed by atoms with Gasteiger partial charge in [0.05, 0.1) is 12.5 Å². The summed E-state index contributed by atoms with van der Waals surface area (Å²) in [4.78, 5) is 13.1. The fraction of sp³-hybridized carbons (Fsp3) is 0.381. The highest BCUT2D eigenvalue weighted by Gasteiger charge is 2.33. The smallest absolute Gasteiger partial charge is 0.228 e. The first-order valence-corrected chi connectivity index (χ1v) is 9.58. The van der Waals surface area contributed by atoms with E-state index in [0.717, 1.165) is 30.8 Å². The van der Waals surface area contributed by atoms with Crippen LogP contribution < -0.4 is 15.4 Å². The van der Waals surface area contributed by atoms with Crippen molar-refractivity contribution in [3.8, 4) is 5.75 Å². The molecule has 2 aromatic rings. The molecule has 5 heteroatoms. The third-order valence-electron chi connectivity index (χ3n) is 5.37. The normalized spacial score (nSPS) is 25.0. The molecule has 2 heterocycles. The van der Waals surface area contributed by atoms with Crippen molar-refractivity contribution in [1.82, 2.24) is 10.6 Å². The fourth-order valence-electron chi connectivity index (χ4n) is 4.00. The van der Waals surface area contributed by atoms with E-state index < -0.39 is 0 Å². The van der Waals surface area contributed by atoms with E-state index in [-0.39, 0.29) is 23.8 Å². The van der Waals surface area contributed by atoms with Crippen LogP contribution in [0.4, 0.5) is 0 Å². The molecule has 1 amide bonds. The number of piperidine rings is 1. The number of hydrogen-bond donors (Lipinski definition) is 2. The number of ether oxygens (including phenoxy) is 1. The van der Waals surface area contributed by atoms with Crippen molar-refractivity contribution in [1.29, 1.82) is 0 Å². The van der Waals surface area contributed by atoms with Gasteiger partial charge in [-0.1, -0.05) is 41.9 Å². The SMILES string of the molecule is O=C(NC1CCNCC1c1ccccc1)C1CCOc2ccc(Cl)cc21. The zero-order chi connectivity index (χ0) is 17.9. The van der Waals surface area contributed by atoms with E-state index in [1.54, 1.807) is 6.07 Å². The second kappa shape index (κ2) is 7.68. The van der Waals surface area contributed by atoms with E-state index in [9.17, 15) is 4.79 Å². The quantitative estimate of drug-likeness (QED) is 0.869. The molecule has 0 aromatic heterocycles. The number of hydrogen-bond acceptors (Lipinski definition) is 3. The van der Waals surface area contributed by atoms with E-state index in [1.807, 2.05) is 18.2 Å². The molecule has 1 saturated heterocycles. The molecule has 4 nitrogen and oxygen atoms in total. The summed E-state index contributed by atoms with van der Waals surface area (Å²) in [5.74, 6) is 0.923. The standard InChI is InChI=1S/C21H23ClN2O2/c22-15-6-7-20-17(12-15)16(9-11-26-20)21(25)24-19-8-10-23-13-18(19)14-4-2-1-3-5-14/h1-7,12,16,18-19,23H,8-11,13H2,(H,24,25). The fourth-order valence-corrected chi connectivity index (χ4v) is 4.18. The first kappa shape index (κ1) is 17.4. The van der Waals surface area contributed by atoms with E-state index >= 15 is 0 Å². The van der Waals surface area contributed by atoms with Gasteiger partial charge in [-0.15, -0.1) is 0 Å². The Kier molecular flexibility index (Phi) is 5.14. The minimum absolute atomic E-state index is 0.0737. The summed E-state index contributed by atoms with van der Waals surface area (Å²) in [6.07, 6.45) is 1.61. The first-order valence-electron chi connectivity index (χ1n) is 9.20. The maximum atomic E-state index is 13.1.